The first-order valence-electron chi connectivity index (χ1n) is 14.7. The summed E-state index contributed by atoms with van der Waals surface area (Å²) in [6.45, 7) is 0.698. The van der Waals surface area contributed by atoms with Gasteiger partial charge >= 0.3 is 5.76 Å². The topological polar surface area (TPSA) is 83.4 Å². The Kier molecular flexibility index (Phi) is 7.32. The minimum absolute atomic E-state index is 0.162. The number of hydrogen-bond acceptors (Lipinski definition) is 6. The third-order valence-corrected chi connectivity index (χ3v) is 8.50. The fourth-order valence-electron chi connectivity index (χ4n) is 6.18. The zero-order valence-corrected chi connectivity index (χ0v) is 23.3. The van der Waals surface area contributed by atoms with Gasteiger partial charge in [0, 0.05) is 12.2 Å². The van der Waals surface area contributed by atoms with Gasteiger partial charge in [0.25, 0.3) is 0 Å². The van der Waals surface area contributed by atoms with E-state index >= 15 is 4.39 Å². The van der Waals surface area contributed by atoms with Crippen molar-refractivity contribution >= 4 is 29.0 Å². The van der Waals surface area contributed by atoms with Gasteiger partial charge in [-0.25, -0.2) is 9.18 Å². The van der Waals surface area contributed by atoms with Crippen LogP contribution in [0.4, 0.5) is 10.1 Å². The molecule has 0 spiro atoms. The van der Waals surface area contributed by atoms with Crippen LogP contribution in [0, 0.1) is 5.92 Å². The van der Waals surface area contributed by atoms with Gasteiger partial charge in [0.2, 0.25) is 0 Å². The predicted molar refractivity (Wildman–Crippen MR) is 162 cm³/mol. The van der Waals surface area contributed by atoms with E-state index in [1.807, 2.05) is 41.4 Å². The molecular weight excluding hydrogens is 531 g/mol. The molecule has 1 saturated heterocycles. The maximum atomic E-state index is 15.5. The highest BCUT2D eigenvalue weighted by atomic mass is 19.1. The predicted octanol–water partition coefficient (Wildman–Crippen LogP) is 7.11. The van der Waals surface area contributed by atoms with E-state index in [0.29, 0.717) is 23.9 Å². The number of nitrogens with one attached hydrogen (secondary N) is 2. The Balaban J connectivity index is 1.32. The number of alkyl halides is 1. The molecule has 2 atom stereocenters. The van der Waals surface area contributed by atoms with Crippen molar-refractivity contribution in [2.24, 2.45) is 5.92 Å². The Hall–Kier alpha value is -4.27. The van der Waals surface area contributed by atoms with Crippen LogP contribution in [-0.2, 0) is 4.74 Å². The van der Waals surface area contributed by atoms with Crippen molar-refractivity contribution in [1.29, 1.82) is 0 Å². The molecule has 2 N–H and O–H groups in total. The lowest BCUT2D eigenvalue weighted by Crippen LogP contribution is -2.45. The van der Waals surface area contributed by atoms with E-state index in [4.69, 9.17) is 4.74 Å². The Morgan fingerprint density at radius 3 is 2.40 bits per heavy atom. The van der Waals surface area contributed by atoms with Gasteiger partial charge in [-0.15, -0.1) is 0 Å². The third-order valence-electron chi connectivity index (χ3n) is 8.50. The summed E-state index contributed by atoms with van der Waals surface area (Å²) in [5.41, 5.74) is 11.2. The molecule has 3 heterocycles. The molecule has 7 rings (SSSR count). The van der Waals surface area contributed by atoms with Gasteiger partial charge in [-0.05, 0) is 89.6 Å². The number of halogens is 1. The largest absolute Gasteiger partial charge is 0.439 e. The van der Waals surface area contributed by atoms with E-state index in [1.54, 1.807) is 6.08 Å². The Bertz CT molecular complexity index is 1660. The van der Waals surface area contributed by atoms with E-state index in [0.717, 1.165) is 60.1 Å². The van der Waals surface area contributed by atoms with Crippen LogP contribution in [0.2, 0.25) is 0 Å². The van der Waals surface area contributed by atoms with Crippen molar-refractivity contribution in [3.8, 4) is 0 Å². The van der Waals surface area contributed by atoms with Gasteiger partial charge < -0.3 is 4.74 Å². The lowest BCUT2D eigenvalue weighted by atomic mass is 9.73. The third kappa shape index (κ3) is 5.24. The van der Waals surface area contributed by atoms with Crippen LogP contribution in [0.5, 0.6) is 0 Å². The quantitative estimate of drug-likeness (QED) is 0.184. The Morgan fingerprint density at radius 2 is 1.71 bits per heavy atom. The number of fused-ring (bicyclic) bond motifs is 1. The number of anilines is 1. The van der Waals surface area contributed by atoms with Crippen molar-refractivity contribution in [2.45, 2.75) is 51.0 Å². The van der Waals surface area contributed by atoms with E-state index in [-0.39, 0.29) is 6.23 Å². The summed E-state index contributed by atoms with van der Waals surface area (Å²) in [7, 11) is 0. The fourth-order valence-corrected chi connectivity index (χ4v) is 6.18. The number of rotatable bonds is 7. The van der Waals surface area contributed by atoms with Crippen LogP contribution in [0.25, 0.3) is 23.3 Å². The van der Waals surface area contributed by atoms with Crippen LogP contribution in [0.15, 0.2) is 82.1 Å². The van der Waals surface area contributed by atoms with Gasteiger partial charge in [0.05, 0.1) is 5.69 Å². The van der Waals surface area contributed by atoms with Crippen molar-refractivity contribution in [2.75, 3.05) is 11.6 Å². The highest BCUT2D eigenvalue weighted by molar-refractivity contribution is 6.00. The van der Waals surface area contributed by atoms with Gasteiger partial charge in [-0.2, -0.15) is 5.43 Å². The van der Waals surface area contributed by atoms with Gasteiger partial charge in [-0.3, -0.25) is 14.5 Å². The van der Waals surface area contributed by atoms with Gasteiger partial charge in [-0.1, -0.05) is 78.3 Å². The summed E-state index contributed by atoms with van der Waals surface area (Å²) in [5, 5.41) is 5.57. The average Bonchev–Trinajstić information content (AvgIpc) is 3.58. The fraction of sp³-hybridized carbons (Fsp3) is 0.294. The lowest BCUT2D eigenvalue weighted by Gasteiger charge is -2.33. The minimum Gasteiger partial charge on any atom is -0.357 e. The first-order chi connectivity index (χ1) is 20.6. The second kappa shape index (κ2) is 11.5. The SMILES string of the molecule is O=c1[nH]c(/C=C/c2ccc(/C(=C(\c3ccccc3)C3CCC3)c3ccc4c(c3)C(F)NN4C3CCCCO3)cc2)no1. The monoisotopic (exact) mass is 564 g/mol. The highest BCUT2D eigenvalue weighted by Gasteiger charge is 2.35. The number of nitrogens with zero attached hydrogens (tertiary/aromatic N) is 2. The van der Waals surface area contributed by atoms with Crippen LogP contribution in [0.3, 0.4) is 0 Å². The van der Waals surface area contributed by atoms with Gasteiger partial charge in [0.1, 0.15) is 6.23 Å². The summed E-state index contributed by atoms with van der Waals surface area (Å²) < 4.78 is 26.1. The molecule has 3 aliphatic rings. The molecule has 0 bridgehead atoms. The number of hydrazine groups is 1. The summed E-state index contributed by atoms with van der Waals surface area (Å²) in [6.07, 6.45) is 8.59. The first kappa shape index (κ1) is 26.6. The molecule has 42 heavy (non-hydrogen) atoms. The Labute approximate surface area is 243 Å². The number of ether oxygens (including phenoxy) is 1. The lowest BCUT2D eigenvalue weighted by molar-refractivity contribution is 0.00520. The first-order valence-corrected chi connectivity index (χ1v) is 14.7. The average molecular weight is 565 g/mol. The van der Waals surface area contributed by atoms with Crippen LogP contribution >= 0.6 is 0 Å². The van der Waals surface area contributed by atoms with Crippen molar-refractivity contribution < 1.29 is 13.7 Å². The molecule has 1 saturated carbocycles. The molecule has 214 valence electrons. The molecule has 0 radical (unpaired) electrons. The summed E-state index contributed by atoms with van der Waals surface area (Å²) >= 11 is 0. The molecule has 1 aromatic heterocycles. The van der Waals surface area contributed by atoms with Crippen molar-refractivity contribution in [1.82, 2.24) is 15.6 Å². The second-order valence-electron chi connectivity index (χ2n) is 11.2. The molecular formula is C34H33FN4O3. The second-order valence-corrected chi connectivity index (χ2v) is 11.2. The zero-order chi connectivity index (χ0) is 28.5. The van der Waals surface area contributed by atoms with E-state index in [9.17, 15) is 4.79 Å². The van der Waals surface area contributed by atoms with Crippen molar-refractivity contribution in [3.63, 3.8) is 0 Å². The highest BCUT2D eigenvalue weighted by Crippen LogP contribution is 2.46. The van der Waals surface area contributed by atoms with Gasteiger partial charge in [0.15, 0.2) is 12.1 Å². The van der Waals surface area contributed by atoms with E-state index in [1.165, 1.54) is 17.6 Å². The number of benzene rings is 3. The summed E-state index contributed by atoms with van der Waals surface area (Å²) in [6, 6.07) is 25.1. The van der Waals surface area contributed by atoms with E-state index in [2.05, 4.69) is 62.6 Å². The molecule has 1 aliphatic carbocycles. The maximum Gasteiger partial charge on any atom is 0.439 e. The maximum absolute atomic E-state index is 15.5. The molecule has 2 fully saturated rings. The van der Waals surface area contributed by atoms with Crippen LogP contribution < -0.4 is 16.2 Å². The Morgan fingerprint density at radius 1 is 0.905 bits per heavy atom. The summed E-state index contributed by atoms with van der Waals surface area (Å²) in [5.74, 6) is 0.213. The smallest absolute Gasteiger partial charge is 0.357 e. The zero-order valence-electron chi connectivity index (χ0n) is 23.3. The molecule has 0 amide bonds. The summed E-state index contributed by atoms with van der Waals surface area (Å²) in [4.78, 5) is 13.8. The number of H-pyrrole nitrogens is 1. The number of hydrogen-bond donors (Lipinski definition) is 2. The molecule has 2 unspecified atom stereocenters. The number of aromatic amines is 1. The molecule has 8 heteroatoms. The van der Waals surface area contributed by atoms with E-state index < -0.39 is 12.1 Å². The minimum atomic E-state index is -1.30. The normalized spacial score (nSPS) is 21.3. The molecule has 2 aliphatic heterocycles. The molecule has 7 nitrogen and oxygen atoms in total. The van der Waals surface area contributed by atoms with Crippen molar-refractivity contribution in [3.05, 3.63) is 117 Å². The van der Waals surface area contributed by atoms with Crippen LogP contribution in [-0.4, -0.2) is 23.0 Å². The van der Waals surface area contributed by atoms with Crippen LogP contribution in [0.1, 0.15) is 78.5 Å². The molecule has 4 aromatic rings. The number of aromatic nitrogens is 2. The standard InChI is InChI=1S/C34H33FN4O3/c35-33-27-21-26(17-18-28(27)39(37-33)30-11-4-5-20-41-30)32(31(24-9-6-10-24)23-7-2-1-3-8-23)25-15-12-22(13-16-25)14-19-29-36-34(40)42-38-29/h1-3,7-8,12-19,21,24,30,33,37H,4-6,9-11,20H2,(H,36,38,40)/b19-14+,32-31-. The molecule has 3 aromatic carbocycles. The number of allylic oxidation sites excluding steroid dienone is 1.